The number of rotatable bonds is 4. The van der Waals surface area contributed by atoms with E-state index in [0.717, 1.165) is 4.57 Å². The number of nitrogens with zero attached hydrogens (tertiary/aromatic N) is 6. The number of pyridine rings is 1. The molecule has 2 aromatic carbocycles. The Balaban J connectivity index is 1.59. The van der Waals surface area contributed by atoms with Gasteiger partial charge in [-0.05, 0) is 61.5 Å². The van der Waals surface area contributed by atoms with Gasteiger partial charge in [0.2, 0.25) is 0 Å². The zero-order chi connectivity index (χ0) is 32.2. The molecule has 6 rings (SSSR count). The molecule has 196 valence electrons. The smallest absolute Gasteiger partial charge is 0.264 e. The van der Waals surface area contributed by atoms with Gasteiger partial charge in [-0.25, -0.2) is 9.50 Å². The second kappa shape index (κ2) is 10.0. The highest BCUT2D eigenvalue weighted by Crippen LogP contribution is 2.24. The van der Waals surface area contributed by atoms with Gasteiger partial charge in [0.1, 0.15) is 11.3 Å². The number of hydrogen-bond acceptors (Lipinski definition) is 5. The van der Waals surface area contributed by atoms with Gasteiger partial charge < -0.3 is 5.32 Å². The molecule has 0 spiro atoms. The number of para-hydroxylation sites is 1. The van der Waals surface area contributed by atoms with Crippen LogP contribution in [0, 0.1) is 18.8 Å². The molecule has 9 heteroatoms. The van der Waals surface area contributed by atoms with Crippen molar-refractivity contribution >= 4 is 22.3 Å². The van der Waals surface area contributed by atoms with Gasteiger partial charge in [-0.2, -0.15) is 10.2 Å². The molecule has 0 aliphatic rings. The van der Waals surface area contributed by atoms with Gasteiger partial charge in [0.05, 0.1) is 30.2 Å². The fourth-order valence-electron chi connectivity index (χ4n) is 4.62. The van der Waals surface area contributed by atoms with Crippen molar-refractivity contribution < 1.29 is 11.6 Å². The van der Waals surface area contributed by atoms with Crippen LogP contribution >= 0.6 is 0 Å². The van der Waals surface area contributed by atoms with Crippen molar-refractivity contribution in [2.75, 3.05) is 0 Å². The molecule has 40 heavy (non-hydrogen) atoms. The van der Waals surface area contributed by atoms with E-state index in [1.807, 2.05) is 0 Å². The van der Waals surface area contributed by atoms with E-state index in [1.165, 1.54) is 4.52 Å². The zero-order valence-corrected chi connectivity index (χ0v) is 21.8. The second-order valence-corrected chi connectivity index (χ2v) is 9.09. The minimum absolute atomic E-state index is 0.184. The zero-order valence-electron chi connectivity index (χ0n) is 26.8. The Kier molecular flexibility index (Phi) is 4.89. The largest absolute Gasteiger partial charge is 0.344 e. The first-order chi connectivity index (χ1) is 21.5. The summed E-state index contributed by atoms with van der Waals surface area (Å²) in [5.74, 6) is 5.52. The summed E-state index contributed by atoms with van der Waals surface area (Å²) in [6.07, 6.45) is 4.82. The predicted molar refractivity (Wildman–Crippen MR) is 152 cm³/mol. The highest BCUT2D eigenvalue weighted by atomic mass is 16.2. The van der Waals surface area contributed by atoms with Gasteiger partial charge in [0.25, 0.3) is 11.5 Å². The van der Waals surface area contributed by atoms with Gasteiger partial charge in [0.15, 0.2) is 5.65 Å². The molecule has 0 radical (unpaired) electrons. The molecule has 0 saturated heterocycles. The van der Waals surface area contributed by atoms with Crippen molar-refractivity contribution in [3.05, 3.63) is 124 Å². The Morgan fingerprint density at radius 3 is 2.70 bits per heavy atom. The van der Waals surface area contributed by atoms with E-state index >= 15 is 0 Å². The Labute approximate surface area is 236 Å². The SMILES string of the molecule is [2H]c1c([2H])c([2H])c(-n2c(C(C)NC(=O)c3c(C)nn4cccnc34)cc3cccc(C#Cc4ccnn4C)c3c2=O)c([2H])c1[2H]. The summed E-state index contributed by atoms with van der Waals surface area (Å²) < 4.78 is 46.1. The number of benzene rings is 2. The second-order valence-electron chi connectivity index (χ2n) is 9.09. The summed E-state index contributed by atoms with van der Waals surface area (Å²) in [6.45, 7) is 3.33. The lowest BCUT2D eigenvalue weighted by atomic mass is 10.0. The third-order valence-electron chi connectivity index (χ3n) is 6.52. The van der Waals surface area contributed by atoms with Crippen LogP contribution in [0.3, 0.4) is 0 Å². The first-order valence-corrected chi connectivity index (χ1v) is 12.4. The molecule has 6 aromatic rings. The quantitative estimate of drug-likeness (QED) is 0.347. The first kappa shape index (κ1) is 19.6. The fraction of sp³-hybridized carbons (Fsp3) is 0.129. The molecule has 1 unspecified atom stereocenters. The number of aryl methyl sites for hydroxylation is 2. The monoisotopic (exact) mass is 532 g/mol. The summed E-state index contributed by atoms with van der Waals surface area (Å²) in [5, 5.41) is 12.0. The highest BCUT2D eigenvalue weighted by Gasteiger charge is 2.23. The van der Waals surface area contributed by atoms with Crippen LogP contribution in [0.2, 0.25) is 0 Å². The van der Waals surface area contributed by atoms with E-state index in [0.29, 0.717) is 28.0 Å². The Bertz CT molecular complexity index is 2280. The number of nitrogens with one attached hydrogen (secondary N) is 1. The summed E-state index contributed by atoms with van der Waals surface area (Å²) in [5.41, 5.74) is 1.21. The van der Waals surface area contributed by atoms with Crippen LogP contribution in [0.4, 0.5) is 0 Å². The highest BCUT2D eigenvalue weighted by molar-refractivity contribution is 6.01. The molecular formula is C31H25N7O2. The van der Waals surface area contributed by atoms with Crippen LogP contribution in [-0.4, -0.2) is 34.9 Å². The van der Waals surface area contributed by atoms with Gasteiger partial charge in [-0.3, -0.25) is 18.8 Å². The van der Waals surface area contributed by atoms with Crippen molar-refractivity contribution in [2.45, 2.75) is 19.9 Å². The third-order valence-corrected chi connectivity index (χ3v) is 6.52. The molecular weight excluding hydrogens is 502 g/mol. The number of carbonyl (C=O) groups excluding carboxylic acids is 1. The summed E-state index contributed by atoms with van der Waals surface area (Å²) in [6, 6.07) is 6.39. The number of fused-ring (bicyclic) bond motifs is 2. The van der Waals surface area contributed by atoms with E-state index < -0.39 is 47.7 Å². The van der Waals surface area contributed by atoms with E-state index in [4.69, 9.17) is 6.85 Å². The number of hydrogen-bond donors (Lipinski definition) is 1. The van der Waals surface area contributed by atoms with Crippen LogP contribution in [0.1, 0.15) is 52.8 Å². The van der Waals surface area contributed by atoms with E-state index in [9.17, 15) is 9.59 Å². The molecule has 0 saturated carbocycles. The molecule has 0 aliphatic heterocycles. The van der Waals surface area contributed by atoms with Gasteiger partial charge in [-0.15, -0.1) is 0 Å². The van der Waals surface area contributed by atoms with E-state index in [-0.39, 0.29) is 22.3 Å². The maximum absolute atomic E-state index is 14.5. The molecule has 1 amide bonds. The number of aromatic nitrogens is 6. The molecule has 9 nitrogen and oxygen atoms in total. The van der Waals surface area contributed by atoms with Crippen molar-refractivity contribution in [2.24, 2.45) is 7.05 Å². The minimum Gasteiger partial charge on any atom is -0.344 e. The molecule has 0 aliphatic carbocycles. The predicted octanol–water partition coefficient (Wildman–Crippen LogP) is 3.97. The number of amides is 1. The van der Waals surface area contributed by atoms with Gasteiger partial charge >= 0.3 is 0 Å². The van der Waals surface area contributed by atoms with Crippen LogP contribution in [0.25, 0.3) is 22.1 Å². The average Bonchev–Trinajstić information content (AvgIpc) is 3.59. The summed E-state index contributed by atoms with van der Waals surface area (Å²) in [7, 11) is 1.74. The maximum atomic E-state index is 14.5. The Morgan fingerprint density at radius 1 is 1.10 bits per heavy atom. The van der Waals surface area contributed by atoms with Crippen LogP contribution in [-0.2, 0) is 7.05 Å². The molecule has 1 atom stereocenters. The lowest BCUT2D eigenvalue weighted by Gasteiger charge is -2.21. The Morgan fingerprint density at radius 2 is 1.93 bits per heavy atom. The lowest BCUT2D eigenvalue weighted by molar-refractivity contribution is 0.0939. The van der Waals surface area contributed by atoms with Crippen molar-refractivity contribution in [3.8, 4) is 17.5 Å². The van der Waals surface area contributed by atoms with Crippen molar-refractivity contribution in [1.29, 1.82) is 0 Å². The maximum Gasteiger partial charge on any atom is 0.264 e. The van der Waals surface area contributed by atoms with Crippen LogP contribution in [0.15, 0.2) is 90.0 Å². The molecule has 0 fully saturated rings. The fourth-order valence-corrected chi connectivity index (χ4v) is 4.62. The third kappa shape index (κ3) is 4.31. The Hall–Kier alpha value is -5.49. The summed E-state index contributed by atoms with van der Waals surface area (Å²) in [4.78, 5) is 32.4. The molecule has 1 N–H and O–H groups in total. The average molecular weight is 533 g/mol. The lowest BCUT2D eigenvalue weighted by Crippen LogP contribution is -2.32. The molecule has 4 aromatic heterocycles. The van der Waals surface area contributed by atoms with Crippen LogP contribution < -0.4 is 10.9 Å². The standard InChI is InChI=1S/C31H25N7O2/c1-20(34-30(39)27-21(2)35-37-18-8-16-32-29(27)37)26-19-23-10-7-9-22(13-14-24-15-17-33-36(24)3)28(23)31(40)38(26)25-11-5-4-6-12-25/h4-12,15-20H,1-3H3,(H,34,39)/i4D,5D,6D,11D,12D. The van der Waals surface area contributed by atoms with E-state index in [1.54, 1.807) is 80.6 Å². The summed E-state index contributed by atoms with van der Waals surface area (Å²) >= 11 is 0. The molecule has 0 bridgehead atoms. The minimum atomic E-state index is -0.880. The first-order valence-electron chi connectivity index (χ1n) is 14.9. The van der Waals surface area contributed by atoms with Crippen LogP contribution in [0.5, 0.6) is 0 Å². The van der Waals surface area contributed by atoms with E-state index in [2.05, 4.69) is 32.3 Å². The normalized spacial score (nSPS) is 13.5. The topological polar surface area (TPSA) is 99.1 Å². The molecule has 4 heterocycles. The van der Waals surface area contributed by atoms with Crippen molar-refractivity contribution in [3.63, 3.8) is 0 Å². The van der Waals surface area contributed by atoms with Gasteiger partial charge in [0, 0.05) is 36.4 Å². The van der Waals surface area contributed by atoms with Crippen molar-refractivity contribution in [1.82, 2.24) is 34.3 Å². The van der Waals surface area contributed by atoms with Gasteiger partial charge in [-0.1, -0.05) is 36.2 Å². The number of carbonyl (C=O) groups is 1.